The number of likely N-dealkylation sites (tertiary alicyclic amines) is 1. The maximum atomic E-state index is 13.3. The molecule has 4 atom stereocenters. The van der Waals surface area contributed by atoms with Crippen LogP contribution in [0.3, 0.4) is 0 Å². The maximum absolute atomic E-state index is 13.3. The second-order valence-electron chi connectivity index (χ2n) is 13.4. The zero-order chi connectivity index (χ0) is 34.0. The van der Waals surface area contributed by atoms with Gasteiger partial charge >= 0.3 is 0 Å². The normalized spacial score (nSPS) is 16.9. The molecule has 46 heavy (non-hydrogen) atoms. The number of piperidine rings is 1. The number of aromatic nitrogens is 2. The molecular weight excluding hydrogens is 592 g/mol. The van der Waals surface area contributed by atoms with E-state index in [4.69, 9.17) is 15.6 Å². The minimum atomic E-state index is -0.982. The summed E-state index contributed by atoms with van der Waals surface area (Å²) in [6.07, 6.45) is 3.72. The van der Waals surface area contributed by atoms with Crippen LogP contribution in [-0.4, -0.2) is 88.3 Å². The number of aliphatic hydroxyl groups is 1. The highest BCUT2D eigenvalue weighted by Gasteiger charge is 2.32. The predicted octanol–water partition coefficient (Wildman–Crippen LogP) is 3.02. The van der Waals surface area contributed by atoms with Gasteiger partial charge in [0.1, 0.15) is 0 Å². The molecule has 1 aromatic heterocycles. The van der Waals surface area contributed by atoms with Crippen molar-refractivity contribution in [3.05, 3.63) is 39.6 Å². The highest BCUT2D eigenvalue weighted by molar-refractivity contribution is 5.83. The van der Waals surface area contributed by atoms with Crippen LogP contribution in [-0.2, 0) is 39.1 Å². The van der Waals surface area contributed by atoms with E-state index in [2.05, 4.69) is 42.2 Å². The molecule has 0 unspecified atom stereocenters. The number of carbonyl (C=O) groups excluding carboxylic acids is 2. The lowest BCUT2D eigenvalue weighted by Gasteiger charge is -2.34. The first-order valence-corrected chi connectivity index (χ1v) is 16.5. The molecule has 0 aliphatic carbocycles. The molecule has 0 saturated carbocycles. The number of aryl methyl sites for hydroxylation is 2. The van der Waals surface area contributed by atoms with Crippen molar-refractivity contribution in [2.45, 2.75) is 90.8 Å². The average Bonchev–Trinajstić information content (AvgIpc) is 3.32. The van der Waals surface area contributed by atoms with Crippen molar-refractivity contribution >= 4 is 22.7 Å². The summed E-state index contributed by atoms with van der Waals surface area (Å²) in [6.45, 7) is 9.14. The van der Waals surface area contributed by atoms with Gasteiger partial charge in [0.05, 0.1) is 17.3 Å². The lowest BCUT2D eigenvalue weighted by Crippen LogP contribution is -2.50. The highest BCUT2D eigenvalue weighted by atomic mass is 16.9. The van der Waals surface area contributed by atoms with Crippen molar-refractivity contribution in [1.29, 1.82) is 0 Å². The van der Waals surface area contributed by atoms with E-state index in [9.17, 15) is 24.8 Å². The second kappa shape index (κ2) is 17.6. The van der Waals surface area contributed by atoms with Gasteiger partial charge in [0.15, 0.2) is 6.61 Å². The van der Waals surface area contributed by atoms with Crippen molar-refractivity contribution < 1.29 is 29.4 Å². The second-order valence-corrected chi connectivity index (χ2v) is 13.4. The molecule has 0 radical (unpaired) electrons. The van der Waals surface area contributed by atoms with E-state index in [0.29, 0.717) is 44.9 Å². The average molecular weight is 647 g/mol. The molecule has 13 nitrogen and oxygen atoms in total. The van der Waals surface area contributed by atoms with E-state index in [1.165, 1.54) is 10.5 Å². The molecular formula is C33H54N6O7. The molecule has 1 saturated heterocycles. The molecule has 2 heterocycles. The third-order valence-corrected chi connectivity index (χ3v) is 9.39. The minimum Gasteiger partial charge on any atom is -0.391 e. The summed E-state index contributed by atoms with van der Waals surface area (Å²) in [4.78, 5) is 41.5. The summed E-state index contributed by atoms with van der Waals surface area (Å²) in [5.74, 6) is -0.417. The summed E-state index contributed by atoms with van der Waals surface area (Å²) >= 11 is 0. The lowest BCUT2D eigenvalue weighted by atomic mass is 9.80. The van der Waals surface area contributed by atoms with Crippen molar-refractivity contribution in [2.24, 2.45) is 36.5 Å². The number of carbonyl (C=O) groups is 2. The van der Waals surface area contributed by atoms with Gasteiger partial charge in [0.25, 0.3) is 5.09 Å². The van der Waals surface area contributed by atoms with Gasteiger partial charge in [-0.3, -0.25) is 14.3 Å². The third kappa shape index (κ3) is 10.6. The quantitative estimate of drug-likeness (QED) is 0.125. The molecule has 1 fully saturated rings. The van der Waals surface area contributed by atoms with Crippen molar-refractivity contribution in [2.75, 3.05) is 33.4 Å². The summed E-state index contributed by atoms with van der Waals surface area (Å²) in [6, 6.07) is 5.91. The Morgan fingerprint density at radius 1 is 1.17 bits per heavy atom. The number of benzene rings is 1. The van der Waals surface area contributed by atoms with Crippen LogP contribution in [0.15, 0.2) is 18.2 Å². The van der Waals surface area contributed by atoms with E-state index in [1.807, 2.05) is 25.6 Å². The zero-order valence-corrected chi connectivity index (χ0v) is 28.3. The number of nitrogens with zero attached hydrogens (tertiary/aromatic N) is 4. The van der Waals surface area contributed by atoms with E-state index < -0.39 is 35.7 Å². The summed E-state index contributed by atoms with van der Waals surface area (Å²) in [7, 11) is 3.68. The third-order valence-electron chi connectivity index (χ3n) is 9.39. The van der Waals surface area contributed by atoms with Crippen LogP contribution in [0.4, 0.5) is 0 Å². The van der Waals surface area contributed by atoms with E-state index in [0.717, 1.165) is 35.9 Å². The number of nitrogens with one attached hydrogen (secondary N) is 1. The molecule has 258 valence electrons. The van der Waals surface area contributed by atoms with Crippen LogP contribution in [0.2, 0.25) is 0 Å². The summed E-state index contributed by atoms with van der Waals surface area (Å²) in [5, 5.41) is 29.6. The van der Waals surface area contributed by atoms with E-state index >= 15 is 0 Å². The number of fused-ring (bicyclic) bond motifs is 1. The molecule has 3 rings (SSSR count). The van der Waals surface area contributed by atoms with E-state index in [-0.39, 0.29) is 30.2 Å². The molecule has 2 amide bonds. The fourth-order valence-corrected chi connectivity index (χ4v) is 6.38. The first kappa shape index (κ1) is 37.2. The number of hydrogen-bond donors (Lipinski definition) is 3. The Morgan fingerprint density at radius 3 is 2.48 bits per heavy atom. The van der Waals surface area contributed by atoms with Gasteiger partial charge in [-0.15, -0.1) is 10.1 Å². The first-order valence-electron chi connectivity index (χ1n) is 16.5. The highest BCUT2D eigenvalue weighted by Crippen LogP contribution is 2.28. The van der Waals surface area contributed by atoms with Gasteiger partial charge in [-0.25, -0.2) is 0 Å². The largest absolute Gasteiger partial charge is 0.391 e. The van der Waals surface area contributed by atoms with Crippen LogP contribution in [0.25, 0.3) is 10.9 Å². The van der Waals surface area contributed by atoms with Crippen LogP contribution >= 0.6 is 0 Å². The van der Waals surface area contributed by atoms with E-state index in [1.54, 1.807) is 7.11 Å². The van der Waals surface area contributed by atoms with Crippen LogP contribution < -0.4 is 11.1 Å². The van der Waals surface area contributed by atoms with Gasteiger partial charge in [0, 0.05) is 57.2 Å². The standard InChI is InChI=1S/C33H54N6O7/c1-21(2)24(16-23-9-10-30-27(17-23)29(36-37(30)5)8-7-15-45-6)18-28(34)31(40)19-26(22(3)4)33(42)35-25-11-13-38(14-12-25)32(41)20-46-39(43)44/h9-10,17,21-22,24-26,28,31,40H,7-8,11-16,18-20,34H2,1-6H3,(H,35,42)/t24-,26-,28-,31-/m0/s1. The van der Waals surface area contributed by atoms with Crippen molar-refractivity contribution in [3.8, 4) is 0 Å². The Bertz CT molecular complexity index is 1290. The number of aliphatic hydroxyl groups excluding tert-OH is 1. The Labute approximate surface area is 272 Å². The predicted molar refractivity (Wildman–Crippen MR) is 175 cm³/mol. The topological polar surface area (TPSA) is 175 Å². The molecule has 1 aliphatic heterocycles. The number of methoxy groups -OCH3 is 1. The summed E-state index contributed by atoms with van der Waals surface area (Å²) < 4.78 is 7.16. The fraction of sp³-hybridized carbons (Fsp3) is 0.727. The van der Waals surface area contributed by atoms with Crippen LogP contribution in [0.5, 0.6) is 0 Å². The number of ether oxygens (including phenoxy) is 1. The summed E-state index contributed by atoms with van der Waals surface area (Å²) in [5.41, 5.74) is 10.0. The molecule has 13 heteroatoms. The molecule has 0 bridgehead atoms. The van der Waals surface area contributed by atoms with Crippen molar-refractivity contribution in [3.63, 3.8) is 0 Å². The van der Waals surface area contributed by atoms with Gasteiger partial charge in [0.2, 0.25) is 11.8 Å². The Kier molecular flexibility index (Phi) is 14.2. The lowest BCUT2D eigenvalue weighted by molar-refractivity contribution is -0.754. The van der Waals surface area contributed by atoms with Crippen LogP contribution in [0.1, 0.15) is 71.1 Å². The molecule has 1 aliphatic rings. The molecule has 1 aromatic carbocycles. The number of rotatable bonds is 18. The van der Waals surface area contributed by atoms with Crippen molar-refractivity contribution in [1.82, 2.24) is 20.0 Å². The monoisotopic (exact) mass is 646 g/mol. The number of nitrogens with two attached hydrogens (primary N) is 1. The van der Waals surface area contributed by atoms with Gasteiger partial charge in [-0.2, -0.15) is 5.10 Å². The minimum absolute atomic E-state index is 0.00650. The number of hydrogen-bond acceptors (Lipinski definition) is 9. The van der Waals surface area contributed by atoms with Crippen LogP contribution in [0, 0.1) is 33.8 Å². The maximum Gasteiger partial charge on any atom is 0.295 e. The Morgan fingerprint density at radius 2 is 1.87 bits per heavy atom. The van der Waals surface area contributed by atoms with Gasteiger partial charge < -0.3 is 30.6 Å². The fourth-order valence-electron chi connectivity index (χ4n) is 6.38. The Balaban J connectivity index is 1.57. The van der Waals surface area contributed by atoms with Gasteiger partial charge in [-0.05, 0) is 80.4 Å². The SMILES string of the molecule is COCCCc1nn(C)c2ccc(C[C@@H](C[C@H](N)[C@@H](O)C[C@H](C(=O)NC3CCN(C(=O)CO[N+](=O)[O-])CC3)C(C)C)C(C)C)cc12. The molecule has 2 aromatic rings. The van der Waals surface area contributed by atoms with Gasteiger partial charge in [-0.1, -0.05) is 33.8 Å². The molecule has 4 N–H and O–H groups in total. The zero-order valence-electron chi connectivity index (χ0n) is 28.3. The smallest absolute Gasteiger partial charge is 0.295 e. The number of amides is 2. The Hall–Kier alpha value is -3.29. The molecule has 0 spiro atoms. The first-order chi connectivity index (χ1) is 21.8.